The van der Waals surface area contributed by atoms with Crippen LogP contribution < -0.4 is 10.9 Å². The lowest BCUT2D eigenvalue weighted by atomic mass is 10.1. The maximum absolute atomic E-state index is 13.4. The predicted octanol–water partition coefficient (Wildman–Crippen LogP) is 4.44. The number of benzene rings is 1. The molecule has 0 aliphatic heterocycles. The molecule has 3 aromatic heterocycles. The number of anilines is 1. The van der Waals surface area contributed by atoms with Crippen LogP contribution in [0.3, 0.4) is 0 Å². The van der Waals surface area contributed by atoms with Gasteiger partial charge in [0.25, 0.3) is 11.5 Å². The van der Waals surface area contributed by atoms with Crippen LogP contribution in [0.1, 0.15) is 33.6 Å². The number of hydrogen-bond donors (Lipinski definition) is 2. The number of thiophene rings is 1. The first-order valence-corrected chi connectivity index (χ1v) is 10.9. The van der Waals surface area contributed by atoms with Gasteiger partial charge in [-0.2, -0.15) is 23.0 Å². The summed E-state index contributed by atoms with van der Waals surface area (Å²) in [5.74, 6) is -0.783. The van der Waals surface area contributed by atoms with E-state index in [0.717, 1.165) is 23.4 Å². The predicted molar refractivity (Wildman–Crippen MR) is 117 cm³/mol. The number of nitrogens with one attached hydrogen (secondary N) is 2. The van der Waals surface area contributed by atoms with Gasteiger partial charge in [-0.3, -0.25) is 14.6 Å². The lowest BCUT2D eigenvalue weighted by Crippen LogP contribution is -2.22. The van der Waals surface area contributed by atoms with Crippen LogP contribution in [0.4, 0.5) is 19.0 Å². The van der Waals surface area contributed by atoms with Gasteiger partial charge in [0.05, 0.1) is 21.7 Å². The Morgan fingerprint density at radius 1 is 1.15 bits per heavy atom. The van der Waals surface area contributed by atoms with Crippen molar-refractivity contribution in [3.63, 3.8) is 0 Å². The van der Waals surface area contributed by atoms with Gasteiger partial charge in [-0.05, 0) is 42.8 Å². The lowest BCUT2D eigenvalue weighted by molar-refractivity contribution is -0.137. The minimum Gasteiger partial charge on any atom is -0.306 e. The zero-order valence-corrected chi connectivity index (χ0v) is 17.8. The van der Waals surface area contributed by atoms with Gasteiger partial charge < -0.3 is 5.32 Å². The van der Waals surface area contributed by atoms with E-state index in [4.69, 9.17) is 0 Å². The molecule has 4 aromatic rings. The first-order chi connectivity index (χ1) is 15.8. The van der Waals surface area contributed by atoms with Gasteiger partial charge in [0.2, 0.25) is 5.95 Å². The maximum Gasteiger partial charge on any atom is 0.417 e. The molecule has 0 unspecified atom stereocenters. The Kier molecular flexibility index (Phi) is 5.12. The molecule has 11 heteroatoms. The molecule has 0 saturated heterocycles. The normalized spacial score (nSPS) is 13.2. The number of aromatic nitrogens is 4. The Balaban J connectivity index is 1.59. The van der Waals surface area contributed by atoms with Gasteiger partial charge in [-0.15, -0.1) is 11.3 Å². The number of hydrogen-bond acceptors (Lipinski definition) is 5. The van der Waals surface area contributed by atoms with Gasteiger partial charge in [0.1, 0.15) is 11.5 Å². The molecule has 0 radical (unpaired) electrons. The summed E-state index contributed by atoms with van der Waals surface area (Å²) in [6.07, 6.45) is -2.60. The van der Waals surface area contributed by atoms with Crippen LogP contribution in [0.2, 0.25) is 0 Å². The number of nitrogens with zero attached hydrogens (tertiary/aromatic N) is 3. The van der Waals surface area contributed by atoms with E-state index < -0.39 is 23.2 Å². The molecular formula is C22H16F3N5O2S. The highest BCUT2D eigenvalue weighted by molar-refractivity contribution is 7.13. The molecule has 7 nitrogen and oxygen atoms in total. The Labute approximate surface area is 188 Å². The first kappa shape index (κ1) is 21.1. The molecule has 0 spiro atoms. The van der Waals surface area contributed by atoms with E-state index in [1.54, 1.807) is 0 Å². The molecule has 3 heterocycles. The van der Waals surface area contributed by atoms with Crippen molar-refractivity contribution in [2.45, 2.75) is 25.4 Å². The molecule has 1 aromatic carbocycles. The summed E-state index contributed by atoms with van der Waals surface area (Å²) in [6, 6.07) is 9.72. The van der Waals surface area contributed by atoms with Gasteiger partial charge in [0.15, 0.2) is 0 Å². The van der Waals surface area contributed by atoms with E-state index in [1.807, 2.05) is 17.5 Å². The number of fused-ring (bicyclic) bond motifs is 1. The third-order valence-corrected chi connectivity index (χ3v) is 6.22. The van der Waals surface area contributed by atoms with Crippen molar-refractivity contribution in [1.82, 2.24) is 19.7 Å². The third kappa shape index (κ3) is 3.95. The van der Waals surface area contributed by atoms with Crippen LogP contribution in [0, 0.1) is 0 Å². The zero-order valence-electron chi connectivity index (χ0n) is 16.9. The summed E-state index contributed by atoms with van der Waals surface area (Å²) in [5, 5.41) is 8.83. The van der Waals surface area contributed by atoms with Crippen molar-refractivity contribution in [2.75, 3.05) is 5.32 Å². The van der Waals surface area contributed by atoms with Gasteiger partial charge in [-0.25, -0.2) is 4.98 Å². The Bertz CT molecular complexity index is 1410. The Morgan fingerprint density at radius 3 is 2.73 bits per heavy atom. The number of H-pyrrole nitrogens is 1. The van der Waals surface area contributed by atoms with Crippen LogP contribution in [0.15, 0.2) is 52.6 Å². The van der Waals surface area contributed by atoms with E-state index in [-0.39, 0.29) is 17.3 Å². The van der Waals surface area contributed by atoms with Crippen LogP contribution in [0.25, 0.3) is 16.5 Å². The second-order valence-electron chi connectivity index (χ2n) is 7.47. The zero-order chi connectivity index (χ0) is 23.2. The van der Waals surface area contributed by atoms with Gasteiger partial charge in [-0.1, -0.05) is 18.2 Å². The molecule has 1 amide bonds. The molecule has 0 atom stereocenters. The van der Waals surface area contributed by atoms with E-state index in [1.165, 1.54) is 34.2 Å². The molecule has 1 aliphatic carbocycles. The second-order valence-corrected chi connectivity index (χ2v) is 8.42. The quantitative estimate of drug-likeness (QED) is 0.460. The molecule has 2 N–H and O–H groups in total. The van der Waals surface area contributed by atoms with E-state index in [9.17, 15) is 22.8 Å². The van der Waals surface area contributed by atoms with E-state index in [0.29, 0.717) is 29.8 Å². The topological polar surface area (TPSA) is 92.7 Å². The fourth-order valence-corrected chi connectivity index (χ4v) is 4.50. The largest absolute Gasteiger partial charge is 0.417 e. The fraction of sp³-hybridized carbons (Fsp3) is 0.182. The highest BCUT2D eigenvalue weighted by Crippen LogP contribution is 2.33. The number of amides is 1. The van der Waals surface area contributed by atoms with Crippen LogP contribution in [-0.2, 0) is 19.0 Å². The number of carbonyl (C=O) groups excluding carboxylic acids is 1. The smallest absolute Gasteiger partial charge is 0.306 e. The van der Waals surface area contributed by atoms with Crippen molar-refractivity contribution in [1.29, 1.82) is 0 Å². The summed E-state index contributed by atoms with van der Waals surface area (Å²) in [7, 11) is 0. The van der Waals surface area contributed by atoms with Crippen LogP contribution in [0.5, 0.6) is 0 Å². The molecular weight excluding hydrogens is 455 g/mol. The lowest BCUT2D eigenvalue weighted by Gasteiger charge is -2.13. The molecule has 33 heavy (non-hydrogen) atoms. The number of aryl methyl sites for hydroxylation is 1. The Hall–Kier alpha value is -3.73. The number of aromatic amines is 1. The van der Waals surface area contributed by atoms with Crippen LogP contribution >= 0.6 is 11.3 Å². The average Bonchev–Trinajstić information content (AvgIpc) is 3.53. The minimum absolute atomic E-state index is 0.0847. The third-order valence-electron chi connectivity index (χ3n) is 5.33. The van der Waals surface area contributed by atoms with Crippen molar-refractivity contribution in [3.8, 4) is 16.5 Å². The summed E-state index contributed by atoms with van der Waals surface area (Å²) >= 11 is 1.41. The van der Waals surface area contributed by atoms with Crippen molar-refractivity contribution in [2.24, 2.45) is 0 Å². The maximum atomic E-state index is 13.4. The number of alkyl halides is 3. The molecule has 1 aliphatic rings. The number of halogens is 3. The monoisotopic (exact) mass is 471 g/mol. The second kappa shape index (κ2) is 8.00. The molecule has 0 saturated carbocycles. The fourth-order valence-electron chi connectivity index (χ4n) is 3.82. The summed E-state index contributed by atoms with van der Waals surface area (Å²) in [5.41, 5.74) is -0.106. The van der Waals surface area contributed by atoms with E-state index in [2.05, 4.69) is 20.4 Å². The van der Waals surface area contributed by atoms with Crippen molar-refractivity contribution < 1.29 is 18.0 Å². The number of carbonyl (C=O) groups is 1. The summed E-state index contributed by atoms with van der Waals surface area (Å²) in [4.78, 5) is 33.3. The standard InChI is InChI=1S/C22H16F3N5O2S/c23-22(24,25)14-7-2-1-5-12(14)19(31)27-18-11-16(17-9-4-10-33-17)29-30(18)21-26-15-8-3-6-13(15)20(32)28-21/h1-2,4-5,7,9-11H,3,6,8H2,(H,27,31)(H,26,28,32). The Morgan fingerprint density at radius 2 is 1.97 bits per heavy atom. The van der Waals surface area contributed by atoms with Crippen molar-refractivity contribution in [3.05, 3.63) is 80.6 Å². The first-order valence-electron chi connectivity index (χ1n) is 10.1. The highest BCUT2D eigenvalue weighted by atomic mass is 32.1. The molecule has 0 bridgehead atoms. The van der Waals surface area contributed by atoms with E-state index >= 15 is 0 Å². The molecule has 5 rings (SSSR count). The number of rotatable bonds is 4. The summed E-state index contributed by atoms with van der Waals surface area (Å²) in [6.45, 7) is 0. The molecule has 168 valence electrons. The average molecular weight is 471 g/mol. The van der Waals surface area contributed by atoms with Gasteiger partial charge >= 0.3 is 6.18 Å². The van der Waals surface area contributed by atoms with Crippen LogP contribution in [-0.4, -0.2) is 25.7 Å². The minimum atomic E-state index is -4.69. The molecule has 0 fully saturated rings. The van der Waals surface area contributed by atoms with Crippen molar-refractivity contribution >= 4 is 23.1 Å². The highest BCUT2D eigenvalue weighted by Gasteiger charge is 2.35. The van der Waals surface area contributed by atoms with Gasteiger partial charge in [0, 0.05) is 11.6 Å². The summed E-state index contributed by atoms with van der Waals surface area (Å²) < 4.78 is 41.5. The SMILES string of the molecule is O=C(Nc1cc(-c2cccs2)nn1-c1nc2c(c(=O)[nH]1)CCC2)c1ccccc1C(F)(F)F.